The summed E-state index contributed by atoms with van der Waals surface area (Å²) in [5, 5.41) is 0.250. The van der Waals surface area contributed by atoms with E-state index in [1.54, 1.807) is 13.0 Å². The van der Waals surface area contributed by atoms with Gasteiger partial charge in [-0.2, -0.15) is 0 Å². The highest BCUT2D eigenvalue weighted by Gasteiger charge is 2.23. The van der Waals surface area contributed by atoms with Crippen LogP contribution >= 0.6 is 0 Å². The van der Waals surface area contributed by atoms with Gasteiger partial charge < -0.3 is 18.9 Å². The lowest BCUT2D eigenvalue weighted by atomic mass is 10.1. The lowest BCUT2D eigenvalue weighted by Crippen LogP contribution is -2.14. The molecule has 0 aliphatic carbocycles. The third kappa shape index (κ3) is 4.60. The van der Waals surface area contributed by atoms with Crippen molar-refractivity contribution in [1.29, 1.82) is 0 Å². The fourth-order valence-corrected chi connectivity index (χ4v) is 2.42. The maximum atomic E-state index is 12.9. The van der Waals surface area contributed by atoms with Gasteiger partial charge in [-0.15, -0.1) is 0 Å². The van der Waals surface area contributed by atoms with Crippen molar-refractivity contribution < 1.29 is 33.3 Å². The number of hydrogen-bond donors (Lipinski definition) is 0. The van der Waals surface area contributed by atoms with Crippen LogP contribution in [0.4, 0.5) is 0 Å². The summed E-state index contributed by atoms with van der Waals surface area (Å²) in [4.78, 5) is 47.4. The van der Waals surface area contributed by atoms with E-state index in [1.165, 1.54) is 18.2 Å². The number of fused-ring (bicyclic) bond motifs is 1. The molecule has 0 aliphatic heterocycles. The van der Waals surface area contributed by atoms with E-state index in [9.17, 15) is 19.2 Å². The lowest BCUT2D eigenvalue weighted by Gasteiger charge is -2.15. The number of benzene rings is 1. The van der Waals surface area contributed by atoms with Crippen molar-refractivity contribution >= 4 is 28.7 Å². The van der Waals surface area contributed by atoms with Gasteiger partial charge in [-0.1, -0.05) is 12.1 Å². The second-order valence-electron chi connectivity index (χ2n) is 5.43. The van der Waals surface area contributed by atoms with Gasteiger partial charge in [0.2, 0.25) is 11.2 Å². The Morgan fingerprint density at radius 1 is 0.852 bits per heavy atom. The molecule has 0 unspecified atom stereocenters. The van der Waals surface area contributed by atoms with E-state index >= 15 is 0 Å². The van der Waals surface area contributed by atoms with Crippen LogP contribution in [-0.4, -0.2) is 24.5 Å². The molecule has 0 aliphatic rings. The fraction of sp³-hybridized carbons (Fsp3) is 0.263. The van der Waals surface area contributed by atoms with E-state index in [0.717, 1.165) is 20.8 Å². The molecule has 0 heterocycles. The quantitative estimate of drug-likeness (QED) is 0.580. The van der Waals surface area contributed by atoms with Crippen LogP contribution in [0.1, 0.15) is 27.7 Å². The van der Waals surface area contributed by atoms with E-state index in [0.29, 0.717) is 5.39 Å². The topological polar surface area (TPSA) is 105 Å². The van der Waals surface area contributed by atoms with Crippen LogP contribution in [-0.2, 0) is 14.4 Å². The van der Waals surface area contributed by atoms with Crippen LogP contribution in [0.5, 0.6) is 23.0 Å². The van der Waals surface area contributed by atoms with Crippen molar-refractivity contribution in [2.75, 3.05) is 6.61 Å². The number of carbonyl (C=O) groups excluding carboxylic acids is 3. The summed E-state index contributed by atoms with van der Waals surface area (Å²) in [6.45, 7) is 5.40. The van der Waals surface area contributed by atoms with E-state index in [1.807, 2.05) is 0 Å². The highest BCUT2D eigenvalue weighted by molar-refractivity contribution is 5.96. The Labute approximate surface area is 154 Å². The average Bonchev–Trinajstić information content (AvgIpc) is 2.69. The lowest BCUT2D eigenvalue weighted by molar-refractivity contribution is -0.134. The summed E-state index contributed by atoms with van der Waals surface area (Å²) >= 11 is 0. The van der Waals surface area contributed by atoms with Crippen LogP contribution in [0, 0.1) is 0 Å². The smallest absolute Gasteiger partial charge is 0.308 e. The first-order valence-electron chi connectivity index (χ1n) is 8.06. The number of carbonyl (C=O) groups is 3. The van der Waals surface area contributed by atoms with E-state index < -0.39 is 23.3 Å². The zero-order chi connectivity index (χ0) is 20.1. The third-order valence-corrected chi connectivity index (χ3v) is 3.25. The normalized spacial score (nSPS) is 10.2. The standard InChI is InChI=1S/C19H18O8/c1-5-24-15-9-13-7-6-8-14(25-10(2)20)17(23)16(13)19(27-12(4)22)18(15)26-11(3)21/h6-9H,5H2,1-4H3. The van der Waals surface area contributed by atoms with Crippen LogP contribution < -0.4 is 24.4 Å². The van der Waals surface area contributed by atoms with Crippen molar-refractivity contribution in [2.24, 2.45) is 0 Å². The second kappa shape index (κ2) is 8.31. The third-order valence-electron chi connectivity index (χ3n) is 3.25. The Hall–Kier alpha value is -3.42. The second-order valence-corrected chi connectivity index (χ2v) is 5.43. The Morgan fingerprint density at radius 2 is 1.44 bits per heavy atom. The predicted octanol–water partition coefficient (Wildman–Crippen LogP) is 2.37. The molecule has 27 heavy (non-hydrogen) atoms. The summed E-state index contributed by atoms with van der Waals surface area (Å²) < 4.78 is 20.8. The average molecular weight is 374 g/mol. The molecule has 8 heteroatoms. The number of rotatable bonds is 5. The summed E-state index contributed by atoms with van der Waals surface area (Å²) in [6.07, 6.45) is 0. The van der Waals surface area contributed by atoms with Crippen LogP contribution in [0.25, 0.3) is 10.8 Å². The SMILES string of the molecule is CCOc1cc2cccc(OC(C)=O)c(=O)c2c(OC(C)=O)c1OC(C)=O. The number of esters is 3. The number of hydrogen-bond acceptors (Lipinski definition) is 8. The molecule has 8 nitrogen and oxygen atoms in total. The molecule has 2 aromatic carbocycles. The minimum atomic E-state index is -0.738. The molecule has 0 aromatic heterocycles. The molecular weight excluding hydrogens is 356 g/mol. The zero-order valence-corrected chi connectivity index (χ0v) is 15.3. The van der Waals surface area contributed by atoms with Crippen LogP contribution in [0.2, 0.25) is 0 Å². The molecule has 0 bridgehead atoms. The Balaban J connectivity index is 2.98. The fourth-order valence-electron chi connectivity index (χ4n) is 2.42. The van der Waals surface area contributed by atoms with Gasteiger partial charge in [0.25, 0.3) is 0 Å². The van der Waals surface area contributed by atoms with Crippen molar-refractivity contribution in [3.63, 3.8) is 0 Å². The molecular formula is C19H18O8. The van der Waals surface area contributed by atoms with Gasteiger partial charge >= 0.3 is 17.9 Å². The summed E-state index contributed by atoms with van der Waals surface area (Å²) in [5.41, 5.74) is -0.710. The summed E-state index contributed by atoms with van der Waals surface area (Å²) in [6, 6.07) is 5.84. The molecule has 2 rings (SSSR count). The first kappa shape index (κ1) is 19.9. The molecule has 0 N–H and O–H groups in total. The van der Waals surface area contributed by atoms with E-state index in [2.05, 4.69) is 0 Å². The first-order chi connectivity index (χ1) is 12.7. The van der Waals surface area contributed by atoms with Crippen molar-refractivity contribution in [1.82, 2.24) is 0 Å². The largest absolute Gasteiger partial charge is 0.490 e. The monoisotopic (exact) mass is 374 g/mol. The molecule has 0 saturated carbocycles. The minimum Gasteiger partial charge on any atom is -0.490 e. The Morgan fingerprint density at radius 3 is 2.00 bits per heavy atom. The molecule has 142 valence electrons. The molecule has 0 saturated heterocycles. The van der Waals surface area contributed by atoms with Gasteiger partial charge in [0.15, 0.2) is 17.2 Å². The predicted molar refractivity (Wildman–Crippen MR) is 95.3 cm³/mol. The Bertz CT molecular complexity index is 977. The first-order valence-corrected chi connectivity index (χ1v) is 8.06. The van der Waals surface area contributed by atoms with Gasteiger partial charge in [-0.25, -0.2) is 0 Å². The van der Waals surface area contributed by atoms with Crippen molar-refractivity contribution in [3.05, 3.63) is 34.5 Å². The summed E-state index contributed by atoms with van der Waals surface area (Å²) in [7, 11) is 0. The molecule has 0 amide bonds. The van der Waals surface area contributed by atoms with Crippen molar-refractivity contribution in [3.8, 4) is 23.0 Å². The van der Waals surface area contributed by atoms with Gasteiger partial charge in [-0.3, -0.25) is 19.2 Å². The van der Waals surface area contributed by atoms with Crippen LogP contribution in [0.3, 0.4) is 0 Å². The van der Waals surface area contributed by atoms with E-state index in [4.69, 9.17) is 18.9 Å². The van der Waals surface area contributed by atoms with Gasteiger partial charge in [0.05, 0.1) is 12.0 Å². The molecule has 0 radical (unpaired) electrons. The highest BCUT2D eigenvalue weighted by Crippen LogP contribution is 2.43. The molecule has 0 fully saturated rings. The van der Waals surface area contributed by atoms with Gasteiger partial charge in [-0.05, 0) is 24.4 Å². The summed E-state index contributed by atoms with van der Waals surface area (Å²) in [5.74, 6) is -2.75. The zero-order valence-electron chi connectivity index (χ0n) is 15.3. The van der Waals surface area contributed by atoms with Crippen molar-refractivity contribution in [2.45, 2.75) is 27.7 Å². The number of ether oxygens (including phenoxy) is 4. The molecule has 0 spiro atoms. The Kier molecular flexibility index (Phi) is 6.12. The molecule has 2 aromatic rings. The van der Waals surface area contributed by atoms with Gasteiger partial charge in [0.1, 0.15) is 0 Å². The van der Waals surface area contributed by atoms with E-state index in [-0.39, 0.29) is 35.0 Å². The van der Waals surface area contributed by atoms with Gasteiger partial charge in [0, 0.05) is 20.8 Å². The maximum Gasteiger partial charge on any atom is 0.308 e. The highest BCUT2D eigenvalue weighted by atomic mass is 16.6. The molecule has 0 atom stereocenters. The minimum absolute atomic E-state index is 0.0915. The van der Waals surface area contributed by atoms with Crippen LogP contribution in [0.15, 0.2) is 29.1 Å². The maximum absolute atomic E-state index is 12.9.